The average molecular weight is 243 g/mol. The average Bonchev–Trinajstić information content (AvgIpc) is 2.75. The topological polar surface area (TPSA) is 37.8 Å². The third-order valence-electron chi connectivity index (χ3n) is 3.19. The summed E-state index contributed by atoms with van der Waals surface area (Å²) in [6.07, 6.45) is 2.55. The maximum absolute atomic E-state index is 4.10. The molecule has 1 N–H and O–H groups in total. The van der Waals surface area contributed by atoms with Gasteiger partial charge in [-0.15, -0.1) is 10.2 Å². The SMILES string of the molecule is CNC1C(Sc2nncs2)CCC1(C)C. The fourth-order valence-electron chi connectivity index (χ4n) is 2.39. The highest BCUT2D eigenvalue weighted by Gasteiger charge is 2.41. The highest BCUT2D eigenvalue weighted by molar-refractivity contribution is 8.01. The third-order valence-corrected chi connectivity index (χ3v) is 5.34. The summed E-state index contributed by atoms with van der Waals surface area (Å²) < 4.78 is 1.10. The van der Waals surface area contributed by atoms with Crippen LogP contribution in [0.1, 0.15) is 26.7 Å². The molecule has 2 unspecified atom stereocenters. The van der Waals surface area contributed by atoms with Gasteiger partial charge >= 0.3 is 0 Å². The van der Waals surface area contributed by atoms with Crippen LogP contribution in [0.4, 0.5) is 0 Å². The number of thioether (sulfide) groups is 1. The number of aromatic nitrogens is 2. The number of nitrogens with one attached hydrogen (secondary N) is 1. The molecule has 3 nitrogen and oxygen atoms in total. The molecule has 0 spiro atoms. The minimum atomic E-state index is 0.400. The van der Waals surface area contributed by atoms with Crippen LogP contribution in [0.5, 0.6) is 0 Å². The van der Waals surface area contributed by atoms with Crippen LogP contribution in [-0.2, 0) is 0 Å². The lowest BCUT2D eigenvalue weighted by Crippen LogP contribution is -2.41. The molecule has 0 radical (unpaired) electrons. The molecule has 1 aliphatic carbocycles. The van der Waals surface area contributed by atoms with Gasteiger partial charge in [-0.25, -0.2) is 0 Å². The molecule has 15 heavy (non-hydrogen) atoms. The van der Waals surface area contributed by atoms with Gasteiger partial charge in [-0.1, -0.05) is 36.9 Å². The smallest absolute Gasteiger partial charge is 0.174 e. The van der Waals surface area contributed by atoms with Crippen molar-refractivity contribution in [3.63, 3.8) is 0 Å². The van der Waals surface area contributed by atoms with Crippen molar-refractivity contribution in [1.82, 2.24) is 15.5 Å². The van der Waals surface area contributed by atoms with E-state index in [9.17, 15) is 0 Å². The van der Waals surface area contributed by atoms with E-state index in [2.05, 4.69) is 36.4 Å². The van der Waals surface area contributed by atoms with E-state index in [1.165, 1.54) is 12.8 Å². The zero-order valence-electron chi connectivity index (χ0n) is 9.36. The molecule has 84 valence electrons. The normalized spacial score (nSPS) is 29.5. The monoisotopic (exact) mass is 243 g/mol. The van der Waals surface area contributed by atoms with E-state index in [0.717, 1.165) is 4.34 Å². The van der Waals surface area contributed by atoms with Crippen LogP contribution in [0.3, 0.4) is 0 Å². The number of rotatable bonds is 3. The van der Waals surface area contributed by atoms with Crippen LogP contribution in [0, 0.1) is 5.41 Å². The third kappa shape index (κ3) is 2.34. The van der Waals surface area contributed by atoms with Crippen molar-refractivity contribution in [1.29, 1.82) is 0 Å². The Kier molecular flexibility index (Phi) is 3.33. The van der Waals surface area contributed by atoms with Gasteiger partial charge in [-0.05, 0) is 25.3 Å². The lowest BCUT2D eigenvalue weighted by atomic mass is 9.87. The molecule has 0 aromatic carbocycles. The van der Waals surface area contributed by atoms with Gasteiger partial charge in [0.2, 0.25) is 0 Å². The van der Waals surface area contributed by atoms with Gasteiger partial charge in [0.1, 0.15) is 5.51 Å². The highest BCUT2D eigenvalue weighted by atomic mass is 32.2. The minimum absolute atomic E-state index is 0.400. The lowest BCUT2D eigenvalue weighted by Gasteiger charge is -2.29. The molecule has 5 heteroatoms. The summed E-state index contributed by atoms with van der Waals surface area (Å²) in [4.78, 5) is 0. The minimum Gasteiger partial charge on any atom is -0.315 e. The molecule has 2 rings (SSSR count). The summed E-state index contributed by atoms with van der Waals surface area (Å²) in [5.41, 5.74) is 2.20. The number of nitrogens with zero attached hydrogens (tertiary/aromatic N) is 2. The first-order chi connectivity index (χ1) is 7.13. The van der Waals surface area contributed by atoms with Gasteiger partial charge in [0.15, 0.2) is 4.34 Å². The Bertz CT molecular complexity index is 310. The van der Waals surface area contributed by atoms with Crippen molar-refractivity contribution >= 4 is 23.1 Å². The van der Waals surface area contributed by atoms with E-state index < -0.39 is 0 Å². The van der Waals surface area contributed by atoms with Crippen molar-refractivity contribution in [2.75, 3.05) is 7.05 Å². The maximum atomic E-state index is 4.10. The molecular weight excluding hydrogens is 226 g/mol. The van der Waals surface area contributed by atoms with Gasteiger partial charge in [0, 0.05) is 11.3 Å². The Labute approximate surface area is 99.1 Å². The fourth-order valence-corrected chi connectivity index (χ4v) is 4.62. The fraction of sp³-hybridized carbons (Fsp3) is 0.800. The first kappa shape index (κ1) is 11.4. The first-order valence-corrected chi connectivity index (χ1v) is 6.99. The van der Waals surface area contributed by atoms with Gasteiger partial charge in [0.25, 0.3) is 0 Å². The molecular formula is C10H17N3S2. The van der Waals surface area contributed by atoms with Crippen LogP contribution in [0.25, 0.3) is 0 Å². The summed E-state index contributed by atoms with van der Waals surface area (Å²) in [6.45, 7) is 4.68. The second kappa shape index (κ2) is 4.39. The van der Waals surface area contributed by atoms with Crippen molar-refractivity contribution in [2.24, 2.45) is 5.41 Å². The molecule has 1 aromatic heterocycles. The van der Waals surface area contributed by atoms with E-state index in [1.807, 2.05) is 11.8 Å². The van der Waals surface area contributed by atoms with Gasteiger partial charge in [-0.3, -0.25) is 0 Å². The summed E-state index contributed by atoms with van der Waals surface area (Å²) >= 11 is 3.51. The standard InChI is InChI=1S/C10H17N3S2/c1-10(2)5-4-7(8(10)11-3)15-9-13-12-6-14-9/h6-8,11H,4-5H2,1-3H3. The molecule has 1 aliphatic rings. The second-order valence-corrected chi connectivity index (χ2v) is 6.97. The molecule has 0 bridgehead atoms. The van der Waals surface area contributed by atoms with Crippen LogP contribution in [0.15, 0.2) is 9.85 Å². The van der Waals surface area contributed by atoms with Crippen molar-refractivity contribution < 1.29 is 0 Å². The molecule has 1 fully saturated rings. The largest absolute Gasteiger partial charge is 0.315 e. The quantitative estimate of drug-likeness (QED) is 0.884. The Morgan fingerprint density at radius 3 is 3.00 bits per heavy atom. The van der Waals surface area contributed by atoms with Gasteiger partial charge < -0.3 is 5.32 Å². The molecule has 0 saturated heterocycles. The van der Waals surface area contributed by atoms with E-state index >= 15 is 0 Å². The predicted octanol–water partition coefficient (Wildman–Crippen LogP) is 2.41. The molecule has 1 saturated carbocycles. The van der Waals surface area contributed by atoms with E-state index in [0.29, 0.717) is 16.7 Å². The second-order valence-electron chi connectivity index (χ2n) is 4.65. The van der Waals surface area contributed by atoms with Crippen LogP contribution in [-0.4, -0.2) is 28.5 Å². The van der Waals surface area contributed by atoms with Gasteiger partial charge in [-0.2, -0.15) is 0 Å². The Hall–Kier alpha value is -0.130. The summed E-state index contributed by atoms with van der Waals surface area (Å²) in [5.74, 6) is 0. The van der Waals surface area contributed by atoms with Crippen molar-refractivity contribution in [2.45, 2.75) is 42.3 Å². The Morgan fingerprint density at radius 2 is 2.40 bits per heavy atom. The van der Waals surface area contributed by atoms with E-state index in [4.69, 9.17) is 0 Å². The summed E-state index contributed by atoms with van der Waals surface area (Å²) in [7, 11) is 2.06. The number of hydrogen-bond donors (Lipinski definition) is 1. The van der Waals surface area contributed by atoms with Crippen molar-refractivity contribution in [3.8, 4) is 0 Å². The molecule has 1 heterocycles. The zero-order chi connectivity index (χ0) is 10.9. The maximum Gasteiger partial charge on any atom is 0.174 e. The van der Waals surface area contributed by atoms with Crippen molar-refractivity contribution in [3.05, 3.63) is 5.51 Å². The Morgan fingerprint density at radius 1 is 1.60 bits per heavy atom. The molecule has 0 amide bonds. The number of hydrogen-bond acceptors (Lipinski definition) is 5. The highest BCUT2D eigenvalue weighted by Crippen LogP contribution is 2.44. The Balaban J connectivity index is 2.04. The van der Waals surface area contributed by atoms with Crippen LogP contribution >= 0.6 is 23.1 Å². The van der Waals surface area contributed by atoms with E-state index in [-0.39, 0.29) is 0 Å². The first-order valence-electron chi connectivity index (χ1n) is 5.23. The van der Waals surface area contributed by atoms with Gasteiger partial charge in [0.05, 0.1) is 0 Å². The molecule has 2 atom stereocenters. The lowest BCUT2D eigenvalue weighted by molar-refractivity contribution is 0.300. The van der Waals surface area contributed by atoms with Crippen LogP contribution < -0.4 is 5.32 Å². The summed E-state index contributed by atoms with van der Waals surface area (Å²) in [6, 6.07) is 0.575. The summed E-state index contributed by atoms with van der Waals surface area (Å²) in [5, 5.41) is 12.1. The molecule has 1 aromatic rings. The zero-order valence-corrected chi connectivity index (χ0v) is 11.0. The van der Waals surface area contributed by atoms with E-state index in [1.54, 1.807) is 16.8 Å². The van der Waals surface area contributed by atoms with Crippen LogP contribution in [0.2, 0.25) is 0 Å². The molecule has 0 aliphatic heterocycles. The predicted molar refractivity (Wildman–Crippen MR) is 65.4 cm³/mol.